The van der Waals surface area contributed by atoms with E-state index in [1.807, 2.05) is 24.3 Å². The number of benzene rings is 3. The fourth-order valence-electron chi connectivity index (χ4n) is 2.75. The molecule has 0 saturated carbocycles. The maximum absolute atomic E-state index is 9.24. The fraction of sp³-hybridized carbons (Fsp3) is 0.105. The van der Waals surface area contributed by atoms with Gasteiger partial charge >= 0.3 is 0 Å². The molecule has 0 aliphatic carbocycles. The molecule has 0 aliphatic rings. The van der Waals surface area contributed by atoms with Gasteiger partial charge in [-0.05, 0) is 42.0 Å². The molecule has 0 unspecified atom stereocenters. The van der Waals surface area contributed by atoms with Crippen LogP contribution in [0.3, 0.4) is 0 Å². The van der Waals surface area contributed by atoms with E-state index in [-0.39, 0.29) is 0 Å². The summed E-state index contributed by atoms with van der Waals surface area (Å²) >= 11 is 0. The highest BCUT2D eigenvalue weighted by atomic mass is 14.2. The Morgan fingerprint density at radius 3 is 2.20 bits per heavy atom. The van der Waals surface area contributed by atoms with Gasteiger partial charge in [-0.2, -0.15) is 5.26 Å². The predicted octanol–water partition coefficient (Wildman–Crippen LogP) is 5.00. The van der Waals surface area contributed by atoms with Gasteiger partial charge in [0, 0.05) is 5.39 Å². The van der Waals surface area contributed by atoms with Gasteiger partial charge in [0.1, 0.15) is 0 Å². The van der Waals surface area contributed by atoms with Crippen LogP contribution < -0.4 is 0 Å². The van der Waals surface area contributed by atoms with Crippen molar-refractivity contribution in [2.24, 2.45) is 0 Å². The van der Waals surface area contributed by atoms with E-state index >= 15 is 0 Å². The van der Waals surface area contributed by atoms with Crippen LogP contribution in [-0.4, -0.2) is 0 Å². The lowest BCUT2D eigenvalue weighted by Gasteiger charge is -2.11. The van der Waals surface area contributed by atoms with Crippen molar-refractivity contribution in [2.75, 3.05) is 0 Å². The summed E-state index contributed by atoms with van der Waals surface area (Å²) in [6.07, 6.45) is 0. The van der Waals surface area contributed by atoms with Crippen LogP contribution in [-0.2, 0) is 0 Å². The monoisotopic (exact) mass is 257 g/mol. The van der Waals surface area contributed by atoms with Gasteiger partial charge in [-0.15, -0.1) is 0 Å². The summed E-state index contributed by atoms with van der Waals surface area (Å²) < 4.78 is 0. The van der Waals surface area contributed by atoms with Crippen molar-refractivity contribution in [3.63, 3.8) is 0 Å². The fourth-order valence-corrected chi connectivity index (χ4v) is 2.75. The molecule has 0 heterocycles. The van der Waals surface area contributed by atoms with Crippen molar-refractivity contribution in [1.82, 2.24) is 0 Å². The number of hydrogen-bond acceptors (Lipinski definition) is 1. The Bertz CT molecular complexity index is 838. The van der Waals surface area contributed by atoms with Crippen LogP contribution in [0.4, 0.5) is 0 Å². The first-order chi connectivity index (χ1) is 9.70. The number of fused-ring (bicyclic) bond motifs is 1. The second-order valence-corrected chi connectivity index (χ2v) is 5.14. The highest BCUT2D eigenvalue weighted by Crippen LogP contribution is 2.32. The molecule has 0 amide bonds. The number of nitriles is 1. The highest BCUT2D eigenvalue weighted by Gasteiger charge is 2.09. The Morgan fingerprint density at radius 2 is 1.50 bits per heavy atom. The molecular formula is C19H15N. The lowest BCUT2D eigenvalue weighted by atomic mass is 9.92. The van der Waals surface area contributed by atoms with Gasteiger partial charge in [-0.25, -0.2) is 0 Å². The minimum Gasteiger partial charge on any atom is -0.192 e. The molecule has 0 saturated heterocycles. The molecule has 3 aromatic carbocycles. The van der Waals surface area contributed by atoms with Gasteiger partial charge in [0.25, 0.3) is 0 Å². The standard InChI is InChI=1S/C19H15N/c1-13-7-9-16(14(2)11-13)19-10-8-15(12-20)17-5-3-4-6-18(17)19/h3-11H,1-2H3. The maximum Gasteiger partial charge on any atom is 0.0998 e. The Kier molecular flexibility index (Phi) is 3.00. The van der Waals surface area contributed by atoms with Crippen LogP contribution in [0.2, 0.25) is 0 Å². The van der Waals surface area contributed by atoms with Crippen molar-refractivity contribution in [1.29, 1.82) is 5.26 Å². The topological polar surface area (TPSA) is 23.8 Å². The molecule has 0 bridgehead atoms. The van der Waals surface area contributed by atoms with E-state index in [2.05, 4.69) is 50.2 Å². The average Bonchev–Trinajstić information content (AvgIpc) is 2.47. The zero-order valence-electron chi connectivity index (χ0n) is 11.6. The van der Waals surface area contributed by atoms with E-state index in [0.29, 0.717) is 0 Å². The second-order valence-electron chi connectivity index (χ2n) is 5.14. The van der Waals surface area contributed by atoms with E-state index in [1.54, 1.807) is 0 Å². The van der Waals surface area contributed by atoms with Gasteiger partial charge in [-0.1, -0.05) is 54.1 Å². The van der Waals surface area contributed by atoms with Crippen molar-refractivity contribution < 1.29 is 0 Å². The van der Waals surface area contributed by atoms with E-state index in [1.165, 1.54) is 22.3 Å². The molecule has 0 N–H and O–H groups in total. The Balaban J connectivity index is 2.35. The Labute approximate surface area is 119 Å². The molecule has 0 atom stereocenters. The number of hydrogen-bond donors (Lipinski definition) is 0. The molecule has 0 spiro atoms. The van der Waals surface area contributed by atoms with E-state index in [9.17, 15) is 5.26 Å². The number of rotatable bonds is 1. The molecule has 20 heavy (non-hydrogen) atoms. The first kappa shape index (κ1) is 12.4. The van der Waals surface area contributed by atoms with Crippen LogP contribution in [0, 0.1) is 25.2 Å². The summed E-state index contributed by atoms with van der Waals surface area (Å²) in [5, 5.41) is 11.4. The van der Waals surface area contributed by atoms with Gasteiger partial charge < -0.3 is 0 Å². The molecule has 0 radical (unpaired) electrons. The highest BCUT2D eigenvalue weighted by molar-refractivity contribution is 6.00. The van der Waals surface area contributed by atoms with Gasteiger partial charge in [0.15, 0.2) is 0 Å². The first-order valence-corrected chi connectivity index (χ1v) is 6.70. The lowest BCUT2D eigenvalue weighted by Crippen LogP contribution is -1.88. The zero-order valence-corrected chi connectivity index (χ0v) is 11.6. The summed E-state index contributed by atoms with van der Waals surface area (Å²) in [5.74, 6) is 0. The molecule has 1 nitrogen and oxygen atoms in total. The summed E-state index contributed by atoms with van der Waals surface area (Å²) in [5.41, 5.74) is 5.69. The molecule has 1 heteroatoms. The molecule has 96 valence electrons. The number of nitrogens with zero attached hydrogens (tertiary/aromatic N) is 1. The van der Waals surface area contributed by atoms with Crippen LogP contribution in [0.25, 0.3) is 21.9 Å². The second kappa shape index (κ2) is 4.83. The normalized spacial score (nSPS) is 10.4. The van der Waals surface area contributed by atoms with Gasteiger partial charge in [-0.3, -0.25) is 0 Å². The van der Waals surface area contributed by atoms with Crippen LogP contribution in [0.1, 0.15) is 16.7 Å². The number of aryl methyl sites for hydroxylation is 2. The van der Waals surface area contributed by atoms with Crippen LogP contribution in [0.5, 0.6) is 0 Å². The Morgan fingerprint density at radius 1 is 0.800 bits per heavy atom. The van der Waals surface area contributed by atoms with Gasteiger partial charge in [0.05, 0.1) is 11.6 Å². The third-order valence-electron chi connectivity index (χ3n) is 3.72. The maximum atomic E-state index is 9.24. The molecule has 0 aliphatic heterocycles. The SMILES string of the molecule is Cc1ccc(-c2ccc(C#N)c3ccccc23)c(C)c1. The van der Waals surface area contributed by atoms with Crippen LogP contribution >= 0.6 is 0 Å². The molecular weight excluding hydrogens is 242 g/mol. The quantitative estimate of drug-likeness (QED) is 0.602. The third-order valence-corrected chi connectivity index (χ3v) is 3.72. The van der Waals surface area contributed by atoms with Crippen molar-refractivity contribution >= 4 is 10.8 Å². The summed E-state index contributed by atoms with van der Waals surface area (Å²) in [6.45, 7) is 4.24. The largest absolute Gasteiger partial charge is 0.192 e. The predicted molar refractivity (Wildman–Crippen MR) is 83.6 cm³/mol. The third kappa shape index (κ3) is 1.96. The summed E-state index contributed by atoms with van der Waals surface area (Å²) in [4.78, 5) is 0. The van der Waals surface area contributed by atoms with Crippen LogP contribution in [0.15, 0.2) is 54.6 Å². The molecule has 3 rings (SSSR count). The van der Waals surface area contributed by atoms with E-state index < -0.39 is 0 Å². The summed E-state index contributed by atoms with van der Waals surface area (Å²) in [7, 11) is 0. The molecule has 3 aromatic rings. The molecule has 0 fully saturated rings. The van der Waals surface area contributed by atoms with Crippen molar-refractivity contribution in [3.05, 3.63) is 71.3 Å². The van der Waals surface area contributed by atoms with E-state index in [0.717, 1.165) is 16.3 Å². The minimum absolute atomic E-state index is 0.731. The van der Waals surface area contributed by atoms with Gasteiger partial charge in [0.2, 0.25) is 0 Å². The average molecular weight is 257 g/mol. The van der Waals surface area contributed by atoms with Crippen molar-refractivity contribution in [3.8, 4) is 17.2 Å². The minimum atomic E-state index is 0.731. The molecule has 0 aromatic heterocycles. The Hall–Kier alpha value is -2.59. The van der Waals surface area contributed by atoms with Crippen molar-refractivity contribution in [2.45, 2.75) is 13.8 Å². The lowest BCUT2D eigenvalue weighted by molar-refractivity contribution is 1.38. The van der Waals surface area contributed by atoms with E-state index in [4.69, 9.17) is 0 Å². The smallest absolute Gasteiger partial charge is 0.0998 e. The zero-order chi connectivity index (χ0) is 14.1. The first-order valence-electron chi connectivity index (χ1n) is 6.70. The summed E-state index contributed by atoms with van der Waals surface area (Å²) in [6, 6.07) is 20.8.